The SMILES string of the molecule is CC(=O)OC[C@H]1O[C@@H](Oc2cc(OCc3ccccc3)cc(C)c2Cc2ccc(O)cc2Oc2ccccc2)[C@H](OC(C)=O)[C@@H](OC(C)=O)[C@@H]1OC(C)=O. The number of esters is 4. The predicted octanol–water partition coefficient (Wildman–Crippen LogP) is 6.12. The summed E-state index contributed by atoms with van der Waals surface area (Å²) in [5.74, 6) is -1.32. The van der Waals surface area contributed by atoms with Crippen molar-refractivity contribution in [1.29, 1.82) is 0 Å². The van der Waals surface area contributed by atoms with Crippen LogP contribution >= 0.6 is 0 Å². The number of aryl methyl sites for hydroxylation is 1. The maximum atomic E-state index is 12.5. The Kier molecular flexibility index (Phi) is 13.1. The smallest absolute Gasteiger partial charge is 0.303 e. The van der Waals surface area contributed by atoms with Gasteiger partial charge in [-0.25, -0.2) is 0 Å². The van der Waals surface area contributed by atoms with Gasteiger partial charge in [0.1, 0.15) is 48.1 Å². The van der Waals surface area contributed by atoms with Crippen molar-refractivity contribution < 1.29 is 62.2 Å². The molecule has 1 saturated heterocycles. The molecule has 13 nitrogen and oxygen atoms in total. The maximum Gasteiger partial charge on any atom is 0.303 e. The van der Waals surface area contributed by atoms with E-state index in [4.69, 9.17) is 37.9 Å². The molecule has 0 aliphatic carbocycles. The molecular formula is C41H42O13. The van der Waals surface area contributed by atoms with Gasteiger partial charge in [-0.3, -0.25) is 19.2 Å². The van der Waals surface area contributed by atoms with Crippen molar-refractivity contribution in [3.05, 3.63) is 113 Å². The van der Waals surface area contributed by atoms with Gasteiger partial charge in [0.25, 0.3) is 0 Å². The van der Waals surface area contributed by atoms with Gasteiger partial charge in [0.05, 0.1) is 0 Å². The number of benzene rings is 4. The molecule has 1 N–H and O–H groups in total. The average Bonchev–Trinajstić information content (AvgIpc) is 3.11. The van der Waals surface area contributed by atoms with Gasteiger partial charge in [0.15, 0.2) is 12.2 Å². The second-order valence-electron chi connectivity index (χ2n) is 12.6. The molecule has 0 saturated carbocycles. The van der Waals surface area contributed by atoms with Crippen molar-refractivity contribution >= 4 is 23.9 Å². The van der Waals surface area contributed by atoms with E-state index in [1.807, 2.05) is 61.5 Å². The highest BCUT2D eigenvalue weighted by atomic mass is 16.7. The molecule has 5 rings (SSSR count). The van der Waals surface area contributed by atoms with Crippen LogP contribution in [0.25, 0.3) is 0 Å². The third kappa shape index (κ3) is 10.7. The highest BCUT2D eigenvalue weighted by Gasteiger charge is 2.53. The van der Waals surface area contributed by atoms with Crippen molar-refractivity contribution in [3.8, 4) is 28.7 Å². The van der Waals surface area contributed by atoms with Crippen LogP contribution in [0.5, 0.6) is 28.7 Å². The fraction of sp³-hybridized carbons (Fsp3) is 0.317. The van der Waals surface area contributed by atoms with E-state index in [1.54, 1.807) is 30.3 Å². The maximum absolute atomic E-state index is 12.5. The molecule has 1 aliphatic rings. The molecule has 0 bridgehead atoms. The van der Waals surface area contributed by atoms with E-state index in [2.05, 4.69) is 0 Å². The Balaban J connectivity index is 1.59. The summed E-state index contributed by atoms with van der Waals surface area (Å²) in [6.45, 7) is 6.32. The molecule has 0 unspecified atom stereocenters. The summed E-state index contributed by atoms with van der Waals surface area (Å²) in [6.07, 6.45) is -6.74. The minimum absolute atomic E-state index is 0.0000316. The van der Waals surface area contributed by atoms with E-state index < -0.39 is 61.2 Å². The molecule has 1 aliphatic heterocycles. The van der Waals surface area contributed by atoms with Crippen molar-refractivity contribution in [2.24, 2.45) is 0 Å². The first-order chi connectivity index (χ1) is 25.9. The summed E-state index contributed by atoms with van der Waals surface area (Å²) < 4.78 is 47.2. The van der Waals surface area contributed by atoms with Gasteiger partial charge in [0, 0.05) is 51.8 Å². The van der Waals surface area contributed by atoms with E-state index in [0.717, 1.165) is 31.9 Å². The normalized spacial score (nSPS) is 19.2. The van der Waals surface area contributed by atoms with Crippen LogP contribution in [0.1, 0.15) is 49.9 Å². The molecule has 0 spiro atoms. The lowest BCUT2D eigenvalue weighted by Gasteiger charge is -2.44. The van der Waals surface area contributed by atoms with Crippen LogP contribution in [-0.4, -0.2) is 66.3 Å². The fourth-order valence-electron chi connectivity index (χ4n) is 5.91. The molecule has 1 heterocycles. The van der Waals surface area contributed by atoms with Gasteiger partial charge < -0.3 is 43.0 Å². The summed E-state index contributed by atoms with van der Waals surface area (Å²) in [5.41, 5.74) is 2.98. The summed E-state index contributed by atoms with van der Waals surface area (Å²) in [5, 5.41) is 10.4. The van der Waals surface area contributed by atoms with Gasteiger partial charge in [-0.2, -0.15) is 0 Å². The standard InChI is InChI=1S/C41H42O13/c1-24-18-33(48-22-29-12-8-6-9-13-29)21-36(34(24)19-30-16-17-31(46)20-35(30)52-32-14-10-7-11-15-32)53-41-40(51-28(5)45)39(50-27(4)44)38(49-26(3)43)37(54-41)23-47-25(2)42/h6-18,20-21,37-41,46H,19,22-23H2,1-5H3/t37-,38-,39+,40-,41-/m1/s1. The largest absolute Gasteiger partial charge is 0.508 e. The molecule has 5 atom stereocenters. The molecule has 4 aromatic carbocycles. The van der Waals surface area contributed by atoms with Crippen LogP contribution < -0.4 is 14.2 Å². The Morgan fingerprint density at radius 1 is 0.685 bits per heavy atom. The molecule has 284 valence electrons. The van der Waals surface area contributed by atoms with Crippen molar-refractivity contribution in [2.45, 2.75) is 78.4 Å². The minimum Gasteiger partial charge on any atom is -0.508 e. The van der Waals surface area contributed by atoms with Crippen LogP contribution in [0.2, 0.25) is 0 Å². The van der Waals surface area contributed by atoms with Crippen molar-refractivity contribution in [1.82, 2.24) is 0 Å². The van der Waals surface area contributed by atoms with Gasteiger partial charge >= 0.3 is 23.9 Å². The van der Waals surface area contributed by atoms with Crippen LogP contribution in [0, 0.1) is 6.92 Å². The van der Waals surface area contributed by atoms with Gasteiger partial charge in [-0.05, 0) is 47.9 Å². The number of aromatic hydroxyl groups is 1. The Morgan fingerprint density at radius 2 is 1.31 bits per heavy atom. The average molecular weight is 743 g/mol. The molecule has 13 heteroatoms. The lowest BCUT2D eigenvalue weighted by atomic mass is 9.97. The van der Waals surface area contributed by atoms with Crippen LogP contribution in [-0.2, 0) is 55.9 Å². The lowest BCUT2D eigenvalue weighted by molar-refractivity contribution is -0.288. The van der Waals surface area contributed by atoms with E-state index in [9.17, 15) is 24.3 Å². The van der Waals surface area contributed by atoms with E-state index >= 15 is 0 Å². The van der Waals surface area contributed by atoms with Gasteiger partial charge in [0.2, 0.25) is 12.4 Å². The lowest BCUT2D eigenvalue weighted by Crippen LogP contribution is -2.63. The third-order valence-electron chi connectivity index (χ3n) is 8.23. The van der Waals surface area contributed by atoms with Crippen LogP contribution in [0.3, 0.4) is 0 Å². The predicted molar refractivity (Wildman–Crippen MR) is 192 cm³/mol. The fourth-order valence-corrected chi connectivity index (χ4v) is 5.91. The number of para-hydroxylation sites is 1. The highest BCUT2D eigenvalue weighted by molar-refractivity contribution is 5.69. The first-order valence-electron chi connectivity index (χ1n) is 17.2. The van der Waals surface area contributed by atoms with Crippen molar-refractivity contribution in [2.75, 3.05) is 6.61 Å². The zero-order chi connectivity index (χ0) is 38.8. The van der Waals surface area contributed by atoms with Crippen LogP contribution in [0.4, 0.5) is 0 Å². The number of carbonyl (C=O) groups excluding carboxylic acids is 4. The minimum atomic E-state index is -1.49. The van der Waals surface area contributed by atoms with Gasteiger partial charge in [-0.15, -0.1) is 0 Å². The number of carbonyl (C=O) groups is 4. The molecule has 4 aromatic rings. The van der Waals surface area contributed by atoms with E-state index in [1.165, 1.54) is 13.0 Å². The second kappa shape index (κ2) is 18.1. The highest BCUT2D eigenvalue weighted by Crippen LogP contribution is 2.38. The van der Waals surface area contributed by atoms with E-state index in [0.29, 0.717) is 28.4 Å². The Labute approximate surface area is 312 Å². The first kappa shape index (κ1) is 39.1. The molecular weight excluding hydrogens is 700 g/mol. The quantitative estimate of drug-likeness (QED) is 0.116. The zero-order valence-electron chi connectivity index (χ0n) is 30.5. The number of phenolic OH excluding ortho intramolecular Hbond substituents is 1. The molecule has 54 heavy (non-hydrogen) atoms. The number of rotatable bonds is 14. The summed E-state index contributed by atoms with van der Waals surface area (Å²) in [4.78, 5) is 49.0. The zero-order valence-corrected chi connectivity index (χ0v) is 30.5. The number of phenols is 1. The molecule has 0 radical (unpaired) electrons. The third-order valence-corrected chi connectivity index (χ3v) is 8.23. The number of hydrogen-bond acceptors (Lipinski definition) is 13. The number of ether oxygens (including phenoxy) is 8. The Morgan fingerprint density at radius 3 is 1.96 bits per heavy atom. The van der Waals surface area contributed by atoms with E-state index in [-0.39, 0.29) is 24.5 Å². The number of hydrogen-bond donors (Lipinski definition) is 1. The van der Waals surface area contributed by atoms with Crippen LogP contribution in [0.15, 0.2) is 91.0 Å². The molecule has 1 fully saturated rings. The van der Waals surface area contributed by atoms with Gasteiger partial charge in [-0.1, -0.05) is 54.6 Å². The Hall–Kier alpha value is -6.08. The van der Waals surface area contributed by atoms with Crippen molar-refractivity contribution in [3.63, 3.8) is 0 Å². The molecule has 0 aromatic heterocycles. The first-order valence-corrected chi connectivity index (χ1v) is 17.2. The topological polar surface area (TPSA) is 162 Å². The summed E-state index contributed by atoms with van der Waals surface area (Å²) in [6, 6.07) is 26.9. The second-order valence-corrected chi connectivity index (χ2v) is 12.6. The Bertz CT molecular complexity index is 1930. The summed E-state index contributed by atoms with van der Waals surface area (Å²) in [7, 11) is 0. The summed E-state index contributed by atoms with van der Waals surface area (Å²) >= 11 is 0. The monoisotopic (exact) mass is 742 g/mol. The molecule has 0 amide bonds.